The van der Waals surface area contributed by atoms with Crippen LogP contribution in [0.3, 0.4) is 0 Å². The minimum atomic E-state index is -1.01. The fourth-order valence-corrected chi connectivity index (χ4v) is 4.63. The average Bonchev–Trinajstić information content (AvgIpc) is 3.47. The Kier molecular flexibility index (Phi) is 5.24. The molecule has 176 valence electrons. The van der Waals surface area contributed by atoms with Crippen LogP contribution in [0, 0.1) is 6.92 Å². The number of rotatable bonds is 5. The Morgan fingerprint density at radius 1 is 0.889 bits per heavy atom. The average molecular weight is 494 g/mol. The lowest BCUT2D eigenvalue weighted by molar-refractivity contribution is 0.0695. The van der Waals surface area contributed by atoms with E-state index < -0.39 is 5.97 Å². The molecule has 4 aromatic carbocycles. The summed E-state index contributed by atoms with van der Waals surface area (Å²) in [6.07, 6.45) is 0. The smallest absolute Gasteiger partial charge is 0.336 e. The van der Waals surface area contributed by atoms with Gasteiger partial charge in [-0.2, -0.15) is 4.98 Å². The molecular weight excluding hydrogens is 474 g/mol. The fraction of sp³-hybridized carbons (Fsp3) is 0.0345. The van der Waals surface area contributed by atoms with Gasteiger partial charge in [-0.1, -0.05) is 54.1 Å². The van der Waals surface area contributed by atoms with Crippen LogP contribution in [0.2, 0.25) is 5.02 Å². The zero-order valence-corrected chi connectivity index (χ0v) is 19.9. The number of fused-ring (bicyclic) bond motifs is 2. The van der Waals surface area contributed by atoms with Crippen LogP contribution < -0.4 is 4.74 Å². The highest BCUT2D eigenvalue weighted by Gasteiger charge is 2.14. The van der Waals surface area contributed by atoms with Crippen molar-refractivity contribution < 1.29 is 14.6 Å². The van der Waals surface area contributed by atoms with Crippen LogP contribution in [0.1, 0.15) is 15.9 Å². The van der Waals surface area contributed by atoms with Crippen molar-refractivity contribution in [3.63, 3.8) is 0 Å². The second-order valence-electron chi connectivity index (χ2n) is 8.63. The summed E-state index contributed by atoms with van der Waals surface area (Å²) in [5.41, 5.74) is 7.31. The lowest BCUT2D eigenvalue weighted by atomic mass is 10.0. The molecule has 6 nitrogen and oxygen atoms in total. The summed E-state index contributed by atoms with van der Waals surface area (Å²) in [5, 5.41) is 11.0. The van der Waals surface area contributed by atoms with E-state index in [-0.39, 0.29) is 11.6 Å². The van der Waals surface area contributed by atoms with E-state index >= 15 is 0 Å². The molecule has 7 heteroatoms. The lowest BCUT2D eigenvalue weighted by Crippen LogP contribution is -2.00. The van der Waals surface area contributed by atoms with Crippen LogP contribution >= 0.6 is 11.6 Å². The maximum absolute atomic E-state index is 11.4. The largest absolute Gasteiger partial charge is 0.478 e. The van der Waals surface area contributed by atoms with Crippen molar-refractivity contribution in [2.75, 3.05) is 0 Å². The minimum Gasteiger partial charge on any atom is -0.478 e. The molecule has 6 rings (SSSR count). The number of nitrogens with one attached hydrogen (secondary N) is 2. The predicted octanol–water partition coefficient (Wildman–Crippen LogP) is 7.83. The fourth-order valence-electron chi connectivity index (χ4n) is 4.36. The molecule has 0 aliphatic carbocycles. The van der Waals surface area contributed by atoms with E-state index in [1.165, 1.54) is 6.07 Å². The van der Waals surface area contributed by atoms with Gasteiger partial charge in [0, 0.05) is 22.2 Å². The summed E-state index contributed by atoms with van der Waals surface area (Å²) in [5.74, 6) is -0.621. The van der Waals surface area contributed by atoms with Gasteiger partial charge in [0.2, 0.25) is 0 Å². The third-order valence-corrected chi connectivity index (χ3v) is 6.53. The number of halogens is 1. The first kappa shape index (κ1) is 21.9. The second kappa shape index (κ2) is 8.59. The van der Waals surface area contributed by atoms with Crippen LogP contribution in [0.5, 0.6) is 11.8 Å². The van der Waals surface area contributed by atoms with Crippen LogP contribution in [0.15, 0.2) is 84.9 Å². The van der Waals surface area contributed by atoms with E-state index in [1.807, 2.05) is 42.5 Å². The van der Waals surface area contributed by atoms with Gasteiger partial charge in [-0.3, -0.25) is 0 Å². The van der Waals surface area contributed by atoms with Crippen molar-refractivity contribution in [1.82, 2.24) is 15.0 Å². The lowest BCUT2D eigenvalue weighted by Gasteiger charge is -2.05. The molecule has 0 atom stereocenters. The van der Waals surface area contributed by atoms with Crippen LogP contribution in [0.25, 0.3) is 44.3 Å². The summed E-state index contributed by atoms with van der Waals surface area (Å²) >= 11 is 6.67. The maximum Gasteiger partial charge on any atom is 0.336 e. The van der Waals surface area contributed by atoms with E-state index in [0.717, 1.165) is 38.8 Å². The third-order valence-electron chi connectivity index (χ3n) is 6.22. The number of benzene rings is 4. The summed E-state index contributed by atoms with van der Waals surface area (Å²) < 4.78 is 5.82. The zero-order chi connectivity index (χ0) is 24.8. The van der Waals surface area contributed by atoms with E-state index in [9.17, 15) is 9.90 Å². The second-order valence-corrected chi connectivity index (χ2v) is 9.03. The predicted molar refractivity (Wildman–Crippen MR) is 142 cm³/mol. The zero-order valence-electron chi connectivity index (χ0n) is 19.2. The van der Waals surface area contributed by atoms with Gasteiger partial charge in [0.25, 0.3) is 6.01 Å². The number of imidazole rings is 1. The number of hydrogen-bond acceptors (Lipinski definition) is 3. The van der Waals surface area contributed by atoms with E-state index in [1.54, 1.807) is 19.1 Å². The molecule has 6 aromatic rings. The van der Waals surface area contributed by atoms with Gasteiger partial charge in [0.1, 0.15) is 5.75 Å². The first-order valence-electron chi connectivity index (χ1n) is 11.3. The Morgan fingerprint density at radius 3 is 2.53 bits per heavy atom. The molecule has 3 N–H and O–H groups in total. The molecule has 0 fully saturated rings. The number of hydrogen-bond donors (Lipinski definition) is 3. The van der Waals surface area contributed by atoms with Crippen molar-refractivity contribution in [1.29, 1.82) is 0 Å². The normalized spacial score (nSPS) is 11.3. The molecule has 0 aliphatic rings. The van der Waals surface area contributed by atoms with Crippen molar-refractivity contribution in [3.8, 4) is 34.1 Å². The summed E-state index contributed by atoms with van der Waals surface area (Å²) in [6, 6.07) is 27.4. The highest BCUT2D eigenvalue weighted by molar-refractivity contribution is 6.34. The molecule has 2 heterocycles. The maximum atomic E-state index is 11.4. The summed E-state index contributed by atoms with van der Waals surface area (Å²) in [6.45, 7) is 1.74. The van der Waals surface area contributed by atoms with Crippen LogP contribution in [-0.2, 0) is 0 Å². The standard InChI is InChI=1S/C29H20ClN3O3/c1-16-7-9-20(13-21(16)28(34)35)36-29-32-26-14-22(23(30)15-27(26)33-29)18-8-10-24-19(11-18)12-25(31-24)17-5-3-2-4-6-17/h2-15,31H,1H3,(H,32,33)(H,34,35). The Balaban J connectivity index is 1.34. The molecule has 0 saturated heterocycles. The van der Waals surface area contributed by atoms with Gasteiger partial charge < -0.3 is 19.8 Å². The SMILES string of the molecule is Cc1ccc(Oc2nc3cc(-c4ccc5[nH]c(-c6ccccc6)cc5c4)c(Cl)cc3[nH]2)cc1C(=O)O. The molecule has 0 unspecified atom stereocenters. The van der Waals surface area contributed by atoms with Crippen molar-refractivity contribution in [3.05, 3.63) is 101 Å². The molecule has 0 aliphatic heterocycles. The quantitative estimate of drug-likeness (QED) is 0.228. The number of nitrogens with zero attached hydrogens (tertiary/aromatic N) is 1. The third kappa shape index (κ3) is 3.97. The van der Waals surface area contributed by atoms with Gasteiger partial charge in [0.05, 0.1) is 21.6 Å². The molecular formula is C29H20ClN3O3. The van der Waals surface area contributed by atoms with Crippen molar-refractivity contribution >= 4 is 39.5 Å². The van der Waals surface area contributed by atoms with Crippen LogP contribution in [-0.4, -0.2) is 26.0 Å². The Morgan fingerprint density at radius 2 is 1.72 bits per heavy atom. The van der Waals surface area contributed by atoms with Gasteiger partial charge in [-0.25, -0.2) is 4.79 Å². The summed E-state index contributed by atoms with van der Waals surface area (Å²) in [4.78, 5) is 22.6. The molecule has 36 heavy (non-hydrogen) atoms. The molecule has 0 amide bonds. The topological polar surface area (TPSA) is 91.0 Å². The number of H-pyrrole nitrogens is 2. The van der Waals surface area contributed by atoms with Gasteiger partial charge in [0.15, 0.2) is 0 Å². The molecule has 0 saturated carbocycles. The Bertz CT molecular complexity index is 1770. The van der Waals surface area contributed by atoms with E-state index in [4.69, 9.17) is 16.3 Å². The first-order chi connectivity index (χ1) is 17.4. The number of aryl methyl sites for hydroxylation is 1. The van der Waals surface area contributed by atoms with E-state index in [0.29, 0.717) is 21.9 Å². The first-order valence-corrected chi connectivity index (χ1v) is 11.7. The molecule has 0 radical (unpaired) electrons. The number of carbonyl (C=O) groups is 1. The monoisotopic (exact) mass is 493 g/mol. The number of carboxylic acid groups (broad SMARTS) is 1. The highest BCUT2D eigenvalue weighted by atomic mass is 35.5. The van der Waals surface area contributed by atoms with Crippen LogP contribution in [0.4, 0.5) is 0 Å². The Hall–Kier alpha value is -4.55. The summed E-state index contributed by atoms with van der Waals surface area (Å²) in [7, 11) is 0. The minimum absolute atomic E-state index is 0.185. The van der Waals surface area contributed by atoms with E-state index in [2.05, 4.69) is 39.2 Å². The van der Waals surface area contributed by atoms with Gasteiger partial charge in [-0.15, -0.1) is 0 Å². The van der Waals surface area contributed by atoms with Gasteiger partial charge in [-0.05, 0) is 66.1 Å². The van der Waals surface area contributed by atoms with Crippen molar-refractivity contribution in [2.24, 2.45) is 0 Å². The van der Waals surface area contributed by atoms with Crippen molar-refractivity contribution in [2.45, 2.75) is 6.92 Å². The highest BCUT2D eigenvalue weighted by Crippen LogP contribution is 2.35. The molecule has 0 bridgehead atoms. The number of aromatic nitrogens is 3. The molecule has 2 aromatic heterocycles. The van der Waals surface area contributed by atoms with Gasteiger partial charge >= 0.3 is 5.97 Å². The number of ether oxygens (including phenoxy) is 1. The number of aromatic amines is 2. The number of carboxylic acids is 1. The number of aromatic carboxylic acids is 1. The molecule has 0 spiro atoms. The Labute approximate surface area is 211 Å².